The zero-order valence-corrected chi connectivity index (χ0v) is 10.2. The molecule has 6 heteroatoms. The van der Waals surface area contributed by atoms with Crippen molar-refractivity contribution >= 4 is 10.0 Å². The van der Waals surface area contributed by atoms with Gasteiger partial charge in [0.15, 0.2) is 12.4 Å². The first kappa shape index (κ1) is 11.3. The third-order valence-electron chi connectivity index (χ3n) is 2.60. The number of aromatic nitrogens is 1. The molecule has 1 aromatic heterocycles. The van der Waals surface area contributed by atoms with Crippen LogP contribution in [0.5, 0.6) is 0 Å². The van der Waals surface area contributed by atoms with Crippen molar-refractivity contribution in [1.82, 2.24) is 4.47 Å². The molecule has 0 aliphatic carbocycles. The second kappa shape index (κ2) is 4.16. The molecular weight excluding hydrogens is 252 g/mol. The maximum atomic E-state index is 12.2. The van der Waals surface area contributed by atoms with Crippen LogP contribution in [0.3, 0.4) is 0 Å². The summed E-state index contributed by atoms with van der Waals surface area (Å²) in [6.45, 7) is 0. The van der Waals surface area contributed by atoms with Crippen molar-refractivity contribution in [3.8, 4) is 0 Å². The molecule has 3 rings (SSSR count). The molecule has 2 heterocycles. The summed E-state index contributed by atoms with van der Waals surface area (Å²) in [5.74, 6) is 0. The van der Waals surface area contributed by atoms with Crippen LogP contribution in [0.15, 0.2) is 65.8 Å². The quantitative estimate of drug-likeness (QED) is 0.615. The van der Waals surface area contributed by atoms with Crippen molar-refractivity contribution in [2.24, 2.45) is 0 Å². The normalized spacial score (nSPS) is 22.7. The van der Waals surface area contributed by atoms with Gasteiger partial charge in [-0.25, -0.2) is 8.42 Å². The standard InChI is InChI=1S/C12H11N2O3S/c15-18(16,11-7-3-1-4-8-11)14-12(17-14)13-9-5-2-6-10-13/h1-10,12H/q+1. The number of hydrogen-bond donors (Lipinski definition) is 0. The van der Waals surface area contributed by atoms with E-state index in [2.05, 4.69) is 0 Å². The molecule has 92 valence electrons. The van der Waals surface area contributed by atoms with Gasteiger partial charge in [-0.1, -0.05) is 24.3 Å². The van der Waals surface area contributed by atoms with E-state index in [9.17, 15) is 8.42 Å². The van der Waals surface area contributed by atoms with Crippen molar-refractivity contribution < 1.29 is 17.8 Å². The topological polar surface area (TPSA) is 53.6 Å². The zero-order chi connectivity index (χ0) is 12.6. The van der Waals surface area contributed by atoms with E-state index in [4.69, 9.17) is 4.84 Å². The predicted molar refractivity (Wildman–Crippen MR) is 62.2 cm³/mol. The fourth-order valence-electron chi connectivity index (χ4n) is 1.66. The minimum atomic E-state index is -3.57. The van der Waals surface area contributed by atoms with Crippen LogP contribution in [0.1, 0.15) is 6.35 Å². The minimum absolute atomic E-state index is 0.226. The Kier molecular flexibility index (Phi) is 2.62. The maximum Gasteiger partial charge on any atom is 0.380 e. The molecule has 2 unspecified atom stereocenters. The monoisotopic (exact) mass is 263 g/mol. The summed E-state index contributed by atoms with van der Waals surface area (Å²) in [6.07, 6.45) is 2.92. The second-order valence-electron chi connectivity index (χ2n) is 3.83. The molecule has 1 fully saturated rings. The number of sulfonamides is 1. The van der Waals surface area contributed by atoms with Crippen LogP contribution in [-0.4, -0.2) is 12.9 Å². The first-order chi connectivity index (χ1) is 8.69. The van der Waals surface area contributed by atoms with E-state index in [0.29, 0.717) is 0 Å². The summed E-state index contributed by atoms with van der Waals surface area (Å²) in [5.41, 5.74) is 0. The Labute approximate surface area is 105 Å². The molecule has 1 aliphatic heterocycles. The van der Waals surface area contributed by atoms with Crippen LogP contribution in [0.2, 0.25) is 0 Å². The summed E-state index contributed by atoms with van der Waals surface area (Å²) in [5, 5.41) is 0. The van der Waals surface area contributed by atoms with Crippen LogP contribution < -0.4 is 4.57 Å². The lowest BCUT2D eigenvalue weighted by Crippen LogP contribution is -2.34. The minimum Gasteiger partial charge on any atom is -0.204 e. The van der Waals surface area contributed by atoms with Crippen LogP contribution in [0.25, 0.3) is 0 Å². The highest BCUT2D eigenvalue weighted by Gasteiger charge is 2.55. The lowest BCUT2D eigenvalue weighted by atomic mass is 10.4. The van der Waals surface area contributed by atoms with Gasteiger partial charge in [0.1, 0.15) is 0 Å². The molecule has 18 heavy (non-hydrogen) atoms. The molecular formula is C12H11N2O3S+. The van der Waals surface area contributed by atoms with E-state index in [1.54, 1.807) is 47.3 Å². The number of benzene rings is 1. The van der Waals surface area contributed by atoms with Crippen LogP contribution in [-0.2, 0) is 14.9 Å². The number of rotatable bonds is 3. The summed E-state index contributed by atoms with van der Waals surface area (Å²) in [6, 6.07) is 13.7. The highest BCUT2D eigenvalue weighted by Crippen LogP contribution is 2.34. The van der Waals surface area contributed by atoms with E-state index < -0.39 is 16.4 Å². The third-order valence-corrected chi connectivity index (χ3v) is 4.21. The predicted octanol–water partition coefficient (Wildman–Crippen LogP) is 1.07. The Morgan fingerprint density at radius 3 is 2.28 bits per heavy atom. The van der Waals surface area contributed by atoms with Crippen LogP contribution in [0.4, 0.5) is 0 Å². The van der Waals surface area contributed by atoms with Gasteiger partial charge in [0.2, 0.25) is 0 Å². The van der Waals surface area contributed by atoms with Gasteiger partial charge in [-0.2, -0.15) is 9.40 Å². The van der Waals surface area contributed by atoms with Crippen molar-refractivity contribution in [2.75, 3.05) is 0 Å². The molecule has 1 aliphatic rings. The fraction of sp³-hybridized carbons (Fsp3) is 0.0833. The average molecular weight is 263 g/mol. The molecule has 0 amide bonds. The third kappa shape index (κ3) is 1.90. The second-order valence-corrected chi connectivity index (χ2v) is 5.61. The average Bonchev–Trinajstić information content (AvgIpc) is 3.22. The van der Waals surface area contributed by atoms with E-state index in [1.807, 2.05) is 18.2 Å². The Morgan fingerprint density at radius 1 is 1.00 bits per heavy atom. The molecule has 0 saturated carbocycles. The van der Waals surface area contributed by atoms with Crippen molar-refractivity contribution in [1.29, 1.82) is 0 Å². The van der Waals surface area contributed by atoms with Gasteiger partial charge in [-0.15, -0.1) is 0 Å². The van der Waals surface area contributed by atoms with Gasteiger partial charge in [-0.3, -0.25) is 0 Å². The summed E-state index contributed by atoms with van der Waals surface area (Å²) >= 11 is 0. The van der Waals surface area contributed by atoms with Gasteiger partial charge in [-0.05, 0) is 12.1 Å². The van der Waals surface area contributed by atoms with E-state index in [0.717, 1.165) is 4.47 Å². The Morgan fingerprint density at radius 2 is 1.61 bits per heavy atom. The van der Waals surface area contributed by atoms with Gasteiger partial charge in [0.05, 0.1) is 4.90 Å². The van der Waals surface area contributed by atoms with E-state index in [-0.39, 0.29) is 4.90 Å². The molecule has 2 aromatic rings. The molecule has 0 spiro atoms. The summed E-state index contributed by atoms with van der Waals surface area (Å²) in [4.78, 5) is 5.36. The smallest absolute Gasteiger partial charge is 0.204 e. The van der Waals surface area contributed by atoms with Gasteiger partial charge >= 0.3 is 6.35 Å². The van der Waals surface area contributed by atoms with Gasteiger partial charge < -0.3 is 0 Å². The van der Waals surface area contributed by atoms with Crippen LogP contribution in [0, 0.1) is 0 Å². The Balaban J connectivity index is 1.87. The summed E-state index contributed by atoms with van der Waals surface area (Å²) in [7, 11) is -3.57. The number of pyridine rings is 1. The van der Waals surface area contributed by atoms with Crippen molar-refractivity contribution in [2.45, 2.75) is 11.2 Å². The number of hydroxylamine groups is 1. The van der Waals surface area contributed by atoms with Gasteiger partial charge in [0.25, 0.3) is 10.0 Å². The SMILES string of the molecule is O=S(=O)(c1ccccc1)N1OC1[n+]1ccccc1. The number of hydrogen-bond acceptors (Lipinski definition) is 3. The molecule has 0 bridgehead atoms. The Hall–Kier alpha value is -1.76. The van der Waals surface area contributed by atoms with E-state index >= 15 is 0 Å². The summed E-state index contributed by atoms with van der Waals surface area (Å²) < 4.78 is 27.0. The van der Waals surface area contributed by atoms with Crippen LogP contribution >= 0.6 is 0 Å². The highest BCUT2D eigenvalue weighted by atomic mass is 32.2. The largest absolute Gasteiger partial charge is 0.380 e. The first-order valence-corrected chi connectivity index (χ1v) is 6.86. The van der Waals surface area contributed by atoms with Gasteiger partial charge in [0, 0.05) is 16.6 Å². The lowest BCUT2D eigenvalue weighted by molar-refractivity contribution is -0.720. The zero-order valence-electron chi connectivity index (χ0n) is 9.38. The fourth-order valence-corrected chi connectivity index (χ4v) is 2.91. The molecule has 1 saturated heterocycles. The maximum absolute atomic E-state index is 12.2. The molecule has 0 N–H and O–H groups in total. The highest BCUT2D eigenvalue weighted by molar-refractivity contribution is 7.89. The molecule has 1 aromatic carbocycles. The molecule has 2 atom stereocenters. The molecule has 0 radical (unpaired) electrons. The van der Waals surface area contributed by atoms with E-state index in [1.165, 1.54) is 0 Å². The number of nitrogens with zero attached hydrogens (tertiary/aromatic N) is 2. The van der Waals surface area contributed by atoms with Crippen molar-refractivity contribution in [3.63, 3.8) is 0 Å². The lowest BCUT2D eigenvalue weighted by Gasteiger charge is -1.99. The first-order valence-electron chi connectivity index (χ1n) is 5.42. The van der Waals surface area contributed by atoms with Crippen molar-refractivity contribution in [3.05, 3.63) is 60.9 Å². The Bertz CT molecular complexity index is 644. The molecule has 5 nitrogen and oxygen atoms in total.